The molecule has 1 rings (SSSR count). The van der Waals surface area contributed by atoms with Gasteiger partial charge in [-0.3, -0.25) is 14.5 Å². The van der Waals surface area contributed by atoms with E-state index in [2.05, 4.69) is 10.3 Å². The fourth-order valence-corrected chi connectivity index (χ4v) is 2.42. The van der Waals surface area contributed by atoms with E-state index in [4.69, 9.17) is 5.11 Å². The second-order valence-electron chi connectivity index (χ2n) is 4.35. The van der Waals surface area contributed by atoms with Crippen LogP contribution in [0.3, 0.4) is 0 Å². The number of aromatic nitrogens is 1. The Bertz CT molecular complexity index is 447. The van der Waals surface area contributed by atoms with Crippen LogP contribution >= 0.6 is 11.3 Å². The van der Waals surface area contributed by atoms with Crippen LogP contribution in [0.4, 0.5) is 5.13 Å². The number of aryl methyl sites for hydroxylation is 1. The van der Waals surface area contributed by atoms with Crippen LogP contribution in [-0.4, -0.2) is 46.0 Å². The Morgan fingerprint density at radius 1 is 1.58 bits per heavy atom. The van der Waals surface area contributed by atoms with Crippen molar-refractivity contribution in [3.8, 4) is 0 Å². The van der Waals surface area contributed by atoms with E-state index < -0.39 is 5.97 Å². The first-order valence-electron chi connectivity index (χ1n) is 6.10. The Morgan fingerprint density at radius 2 is 2.26 bits per heavy atom. The maximum Gasteiger partial charge on any atom is 0.304 e. The highest BCUT2D eigenvalue weighted by Crippen LogP contribution is 2.14. The first-order chi connectivity index (χ1) is 8.92. The Labute approximate surface area is 116 Å². The third kappa shape index (κ3) is 5.35. The molecule has 0 aliphatic heterocycles. The van der Waals surface area contributed by atoms with Crippen molar-refractivity contribution >= 4 is 28.3 Å². The van der Waals surface area contributed by atoms with E-state index in [9.17, 15) is 9.59 Å². The molecule has 1 atom stereocenters. The molecule has 0 aliphatic carbocycles. The zero-order valence-corrected chi connectivity index (χ0v) is 12.2. The zero-order chi connectivity index (χ0) is 14.4. The lowest BCUT2D eigenvalue weighted by Gasteiger charge is -2.25. The lowest BCUT2D eigenvalue weighted by Crippen LogP contribution is -2.40. The Kier molecular flexibility index (Phi) is 5.91. The summed E-state index contributed by atoms with van der Waals surface area (Å²) in [4.78, 5) is 28.5. The molecule has 0 fully saturated rings. The molecule has 0 spiro atoms. The second kappa shape index (κ2) is 7.20. The lowest BCUT2D eigenvalue weighted by molar-refractivity contribution is -0.138. The van der Waals surface area contributed by atoms with Crippen LogP contribution < -0.4 is 5.32 Å². The number of amides is 1. The molecule has 0 saturated carbocycles. The molecule has 19 heavy (non-hydrogen) atoms. The van der Waals surface area contributed by atoms with E-state index in [1.54, 1.807) is 6.92 Å². The van der Waals surface area contributed by atoms with Crippen molar-refractivity contribution in [2.24, 2.45) is 0 Å². The summed E-state index contributed by atoms with van der Waals surface area (Å²) in [5.41, 5.74) is 0.867. The van der Waals surface area contributed by atoms with Crippen LogP contribution in [-0.2, 0) is 9.59 Å². The summed E-state index contributed by atoms with van der Waals surface area (Å²) >= 11 is 1.38. The summed E-state index contributed by atoms with van der Waals surface area (Å²) in [6.07, 6.45) is 0.0253. The quantitative estimate of drug-likeness (QED) is 0.794. The van der Waals surface area contributed by atoms with Crippen LogP contribution in [0, 0.1) is 6.92 Å². The van der Waals surface area contributed by atoms with Crippen LogP contribution in [0.1, 0.15) is 26.0 Å². The van der Waals surface area contributed by atoms with Gasteiger partial charge in [0, 0.05) is 11.4 Å². The molecule has 0 radical (unpaired) electrons. The summed E-state index contributed by atoms with van der Waals surface area (Å²) in [7, 11) is 0. The number of rotatable bonds is 7. The summed E-state index contributed by atoms with van der Waals surface area (Å²) < 4.78 is 0. The highest BCUT2D eigenvalue weighted by atomic mass is 32.1. The number of carboxylic acids is 1. The molecule has 1 aromatic heterocycles. The molecular weight excluding hydrogens is 266 g/mol. The minimum absolute atomic E-state index is 0.0253. The van der Waals surface area contributed by atoms with Crippen LogP contribution in [0.2, 0.25) is 0 Å². The highest BCUT2D eigenvalue weighted by Gasteiger charge is 2.18. The molecule has 0 bridgehead atoms. The van der Waals surface area contributed by atoms with Crippen molar-refractivity contribution in [2.75, 3.05) is 18.4 Å². The van der Waals surface area contributed by atoms with Crippen LogP contribution in [0.15, 0.2) is 5.38 Å². The van der Waals surface area contributed by atoms with Gasteiger partial charge >= 0.3 is 5.97 Å². The van der Waals surface area contributed by atoms with Crippen LogP contribution in [0.25, 0.3) is 0 Å². The zero-order valence-electron chi connectivity index (χ0n) is 11.3. The minimum Gasteiger partial charge on any atom is -0.481 e. The van der Waals surface area contributed by atoms with E-state index in [1.807, 2.05) is 24.1 Å². The molecule has 7 heteroatoms. The largest absolute Gasteiger partial charge is 0.481 e. The number of carboxylic acid groups (broad SMARTS) is 1. The van der Waals surface area contributed by atoms with Gasteiger partial charge < -0.3 is 10.4 Å². The van der Waals surface area contributed by atoms with Gasteiger partial charge in [-0.05, 0) is 20.4 Å². The minimum atomic E-state index is -0.859. The number of likely N-dealkylation sites (N-methyl/N-ethyl adjacent to an activating group) is 1. The fourth-order valence-electron chi connectivity index (χ4n) is 1.72. The van der Waals surface area contributed by atoms with Gasteiger partial charge in [0.05, 0.1) is 18.7 Å². The lowest BCUT2D eigenvalue weighted by atomic mass is 10.2. The first kappa shape index (κ1) is 15.6. The van der Waals surface area contributed by atoms with Gasteiger partial charge in [-0.25, -0.2) is 4.98 Å². The van der Waals surface area contributed by atoms with Gasteiger partial charge in [0.25, 0.3) is 0 Å². The fraction of sp³-hybridized carbons (Fsp3) is 0.583. The van der Waals surface area contributed by atoms with Gasteiger partial charge in [-0.15, -0.1) is 11.3 Å². The van der Waals surface area contributed by atoms with Crippen molar-refractivity contribution < 1.29 is 14.7 Å². The predicted molar refractivity (Wildman–Crippen MR) is 74.4 cm³/mol. The average molecular weight is 285 g/mol. The topological polar surface area (TPSA) is 82.5 Å². The third-order valence-corrected chi connectivity index (χ3v) is 3.59. The Balaban J connectivity index is 2.50. The maximum atomic E-state index is 11.8. The van der Waals surface area contributed by atoms with Crippen molar-refractivity contribution in [1.82, 2.24) is 9.88 Å². The SMILES string of the molecule is CCN(CC(=O)Nc1nc(C)cs1)C(C)CC(=O)O. The summed E-state index contributed by atoms with van der Waals surface area (Å²) in [6, 6.07) is -0.175. The third-order valence-electron chi connectivity index (χ3n) is 2.71. The maximum absolute atomic E-state index is 11.8. The highest BCUT2D eigenvalue weighted by molar-refractivity contribution is 7.13. The molecule has 1 aromatic rings. The van der Waals surface area contributed by atoms with Gasteiger partial charge in [0.15, 0.2) is 5.13 Å². The van der Waals surface area contributed by atoms with E-state index in [0.29, 0.717) is 11.7 Å². The Morgan fingerprint density at radius 3 is 2.74 bits per heavy atom. The number of carbonyl (C=O) groups excluding carboxylic acids is 1. The number of hydrogen-bond donors (Lipinski definition) is 2. The van der Waals surface area contributed by atoms with Gasteiger partial charge in [0.1, 0.15) is 0 Å². The van der Waals surface area contributed by atoms with Gasteiger partial charge in [0.2, 0.25) is 5.91 Å². The monoisotopic (exact) mass is 285 g/mol. The number of hydrogen-bond acceptors (Lipinski definition) is 5. The Hall–Kier alpha value is -1.47. The van der Waals surface area contributed by atoms with E-state index in [-0.39, 0.29) is 24.9 Å². The standard InChI is InChI=1S/C12H19N3O3S/c1-4-15(9(3)5-11(17)18)6-10(16)14-12-13-8(2)7-19-12/h7,9H,4-6H2,1-3H3,(H,17,18)(H,13,14,16). The van der Waals surface area contributed by atoms with E-state index >= 15 is 0 Å². The predicted octanol–water partition coefficient (Wildman–Crippen LogP) is 1.58. The molecule has 0 aliphatic rings. The summed E-state index contributed by atoms with van der Waals surface area (Å²) in [5.74, 6) is -1.03. The number of nitrogens with zero attached hydrogens (tertiary/aromatic N) is 2. The van der Waals surface area contributed by atoms with E-state index in [0.717, 1.165) is 5.69 Å². The molecule has 0 saturated heterocycles. The van der Waals surface area contributed by atoms with Crippen molar-refractivity contribution in [1.29, 1.82) is 0 Å². The summed E-state index contributed by atoms with van der Waals surface area (Å²) in [5, 5.41) is 13.9. The smallest absolute Gasteiger partial charge is 0.304 e. The van der Waals surface area contributed by atoms with Gasteiger partial charge in [-0.1, -0.05) is 6.92 Å². The molecule has 6 nitrogen and oxygen atoms in total. The number of carbonyl (C=O) groups is 2. The number of nitrogens with one attached hydrogen (secondary N) is 1. The number of anilines is 1. The molecular formula is C12H19N3O3S. The van der Waals surface area contributed by atoms with Crippen molar-refractivity contribution in [3.05, 3.63) is 11.1 Å². The molecule has 1 heterocycles. The number of thiazole rings is 1. The normalized spacial score (nSPS) is 12.4. The molecule has 0 aromatic carbocycles. The molecule has 2 N–H and O–H groups in total. The van der Waals surface area contributed by atoms with Crippen molar-refractivity contribution in [2.45, 2.75) is 33.2 Å². The summed E-state index contributed by atoms with van der Waals surface area (Å²) in [6.45, 7) is 6.36. The van der Waals surface area contributed by atoms with Gasteiger partial charge in [-0.2, -0.15) is 0 Å². The average Bonchev–Trinajstić information content (AvgIpc) is 2.70. The van der Waals surface area contributed by atoms with Crippen molar-refractivity contribution in [3.63, 3.8) is 0 Å². The van der Waals surface area contributed by atoms with E-state index in [1.165, 1.54) is 11.3 Å². The molecule has 106 valence electrons. The number of aliphatic carboxylic acids is 1. The second-order valence-corrected chi connectivity index (χ2v) is 5.21. The molecule has 1 unspecified atom stereocenters. The first-order valence-corrected chi connectivity index (χ1v) is 6.98. The molecule has 1 amide bonds. The van der Waals surface area contributed by atoms with Crippen LogP contribution in [0.5, 0.6) is 0 Å².